The molecular weight excluding hydrogens is 490 g/mol. The zero-order chi connectivity index (χ0) is 27.1. The molecule has 3 amide bonds. The summed E-state index contributed by atoms with van der Waals surface area (Å²) in [5.74, 6) is -0.819. The number of hydrogen-bond acceptors (Lipinski definition) is 6. The van der Waals surface area contributed by atoms with Gasteiger partial charge in [-0.3, -0.25) is 23.9 Å². The first-order chi connectivity index (χ1) is 18.3. The van der Waals surface area contributed by atoms with E-state index in [-0.39, 0.29) is 38.3 Å². The monoisotopic (exact) mass is 525 g/mol. The highest BCUT2D eigenvalue weighted by Crippen LogP contribution is 2.23. The minimum atomic E-state index is -1.05. The third-order valence-electron chi connectivity index (χ3n) is 7.11. The van der Waals surface area contributed by atoms with Crippen LogP contribution in [0.15, 0.2) is 30.6 Å². The number of aliphatic carboxylic acids is 1. The standard InChI is InChI=1S/C27H35N5O6/c1-18-4-5-22-13-20(18)14-28-27(37)26(21-15-29-32(17-21)11-8-25(35)36)30-23(33)6-7-24(34)31-10-2-3-19(16-31)9-12-38-22/h4-5,13,15,17,19,26H,2-3,6-12,14,16H2,1H3,(H,28,37)(H,30,33)(H,35,36). The molecule has 3 N–H and O–H groups in total. The van der Waals surface area contributed by atoms with Crippen LogP contribution in [0.2, 0.25) is 0 Å². The third-order valence-corrected chi connectivity index (χ3v) is 7.11. The normalized spacial score (nSPS) is 21.5. The van der Waals surface area contributed by atoms with Crippen LogP contribution in [0, 0.1) is 12.8 Å². The van der Waals surface area contributed by atoms with Crippen molar-refractivity contribution in [2.75, 3.05) is 19.7 Å². The molecule has 2 aliphatic rings. The van der Waals surface area contributed by atoms with E-state index in [0.29, 0.717) is 36.9 Å². The van der Waals surface area contributed by atoms with Crippen LogP contribution < -0.4 is 15.4 Å². The Morgan fingerprint density at radius 1 is 1.21 bits per heavy atom. The van der Waals surface area contributed by atoms with Gasteiger partial charge >= 0.3 is 5.97 Å². The van der Waals surface area contributed by atoms with Crippen LogP contribution in [-0.2, 0) is 32.3 Å². The van der Waals surface area contributed by atoms with E-state index in [1.54, 1.807) is 6.20 Å². The Morgan fingerprint density at radius 3 is 2.87 bits per heavy atom. The van der Waals surface area contributed by atoms with Gasteiger partial charge in [0.25, 0.3) is 0 Å². The van der Waals surface area contributed by atoms with Crippen molar-refractivity contribution in [3.05, 3.63) is 47.3 Å². The highest BCUT2D eigenvalue weighted by Gasteiger charge is 2.27. The first-order valence-electron chi connectivity index (χ1n) is 13.1. The van der Waals surface area contributed by atoms with Gasteiger partial charge in [-0.25, -0.2) is 0 Å². The number of carboxylic acid groups (broad SMARTS) is 1. The van der Waals surface area contributed by atoms with Crippen molar-refractivity contribution in [3.63, 3.8) is 0 Å². The van der Waals surface area contributed by atoms with Gasteiger partial charge in [-0.05, 0) is 55.4 Å². The van der Waals surface area contributed by atoms with Crippen molar-refractivity contribution in [1.29, 1.82) is 0 Å². The van der Waals surface area contributed by atoms with E-state index in [9.17, 15) is 19.2 Å². The lowest BCUT2D eigenvalue weighted by Gasteiger charge is -2.33. The lowest BCUT2D eigenvalue weighted by atomic mass is 9.95. The number of ether oxygens (including phenoxy) is 1. The van der Waals surface area contributed by atoms with Crippen LogP contribution in [0.3, 0.4) is 0 Å². The molecule has 0 saturated carbocycles. The Kier molecular flexibility index (Phi) is 8.98. The minimum absolute atomic E-state index is 0.0405. The Morgan fingerprint density at radius 2 is 2.05 bits per heavy atom. The SMILES string of the molecule is Cc1ccc2cc1CNC(=O)C(c1cnn(CCC(=O)O)c1)NC(=O)CCC(=O)N1CCCC(CCO2)C1. The summed E-state index contributed by atoms with van der Waals surface area (Å²) in [6.45, 7) is 4.20. The van der Waals surface area contributed by atoms with Crippen molar-refractivity contribution in [3.8, 4) is 5.75 Å². The lowest BCUT2D eigenvalue weighted by Crippen LogP contribution is -2.42. The van der Waals surface area contributed by atoms with E-state index >= 15 is 0 Å². The maximum absolute atomic E-state index is 13.3. The van der Waals surface area contributed by atoms with Gasteiger partial charge in [0.2, 0.25) is 17.7 Å². The van der Waals surface area contributed by atoms with Crippen molar-refractivity contribution in [1.82, 2.24) is 25.3 Å². The summed E-state index contributed by atoms with van der Waals surface area (Å²) in [6, 6.07) is 4.72. The molecule has 1 aromatic heterocycles. The van der Waals surface area contributed by atoms with Crippen LogP contribution in [0.25, 0.3) is 0 Å². The van der Waals surface area contributed by atoms with Gasteiger partial charge in [-0.1, -0.05) is 6.07 Å². The van der Waals surface area contributed by atoms with Crippen LogP contribution in [0.5, 0.6) is 5.75 Å². The maximum atomic E-state index is 13.3. The van der Waals surface area contributed by atoms with Crippen molar-refractivity contribution < 1.29 is 29.0 Å². The van der Waals surface area contributed by atoms with Gasteiger partial charge in [0.15, 0.2) is 0 Å². The average Bonchev–Trinajstić information content (AvgIpc) is 3.37. The molecule has 1 aromatic carbocycles. The molecule has 2 unspecified atom stereocenters. The third kappa shape index (κ3) is 7.33. The van der Waals surface area contributed by atoms with E-state index in [4.69, 9.17) is 9.84 Å². The Hall–Kier alpha value is -3.89. The zero-order valence-corrected chi connectivity index (χ0v) is 21.6. The zero-order valence-electron chi connectivity index (χ0n) is 21.6. The molecule has 2 aromatic rings. The quantitative estimate of drug-likeness (QED) is 0.554. The molecule has 1 saturated heterocycles. The number of amides is 3. The molecule has 204 valence electrons. The average molecular weight is 526 g/mol. The molecule has 0 radical (unpaired) electrons. The van der Waals surface area contributed by atoms with Gasteiger partial charge in [-0.15, -0.1) is 0 Å². The topological polar surface area (TPSA) is 143 Å². The van der Waals surface area contributed by atoms with E-state index in [0.717, 1.165) is 30.4 Å². The largest absolute Gasteiger partial charge is 0.494 e. The second kappa shape index (κ2) is 12.6. The van der Waals surface area contributed by atoms with E-state index in [2.05, 4.69) is 15.7 Å². The molecule has 11 nitrogen and oxygen atoms in total. The van der Waals surface area contributed by atoms with E-state index in [1.165, 1.54) is 10.9 Å². The van der Waals surface area contributed by atoms with Crippen molar-refractivity contribution in [2.45, 2.75) is 64.6 Å². The van der Waals surface area contributed by atoms with Gasteiger partial charge < -0.3 is 25.4 Å². The number of fused-ring (bicyclic) bond motifs is 4. The number of rotatable bonds is 4. The van der Waals surface area contributed by atoms with Crippen LogP contribution in [0.1, 0.15) is 61.3 Å². The minimum Gasteiger partial charge on any atom is -0.494 e. The fraction of sp³-hybridized carbons (Fsp3) is 0.519. The van der Waals surface area contributed by atoms with Gasteiger partial charge in [0, 0.05) is 44.2 Å². The number of benzene rings is 1. The summed E-state index contributed by atoms with van der Waals surface area (Å²) < 4.78 is 7.44. The Balaban J connectivity index is 1.55. The number of aromatic nitrogens is 2. The van der Waals surface area contributed by atoms with Crippen LogP contribution in [-0.4, -0.2) is 63.2 Å². The molecular formula is C27H35N5O6. The summed E-state index contributed by atoms with van der Waals surface area (Å²) in [5, 5.41) is 18.7. The molecule has 0 spiro atoms. The Bertz CT molecular complexity index is 1180. The second-order valence-corrected chi connectivity index (χ2v) is 9.97. The fourth-order valence-corrected chi connectivity index (χ4v) is 4.86. The number of aryl methyl sites for hydroxylation is 2. The van der Waals surface area contributed by atoms with Crippen molar-refractivity contribution >= 4 is 23.7 Å². The molecule has 4 bridgehead atoms. The summed E-state index contributed by atoms with van der Waals surface area (Å²) in [6.07, 6.45) is 5.70. The molecule has 4 rings (SSSR count). The summed E-state index contributed by atoms with van der Waals surface area (Å²) >= 11 is 0. The second-order valence-electron chi connectivity index (χ2n) is 9.97. The lowest BCUT2D eigenvalue weighted by molar-refractivity contribution is -0.137. The van der Waals surface area contributed by atoms with Gasteiger partial charge in [0.05, 0.1) is 25.8 Å². The number of carbonyl (C=O) groups excluding carboxylic acids is 3. The highest BCUT2D eigenvalue weighted by atomic mass is 16.5. The molecule has 2 atom stereocenters. The number of carboxylic acids is 1. The van der Waals surface area contributed by atoms with E-state index in [1.807, 2.05) is 30.0 Å². The Labute approximate surface area is 221 Å². The predicted molar refractivity (Wildman–Crippen MR) is 137 cm³/mol. The van der Waals surface area contributed by atoms with Crippen molar-refractivity contribution in [2.24, 2.45) is 5.92 Å². The number of carbonyl (C=O) groups is 4. The van der Waals surface area contributed by atoms with Gasteiger partial charge in [0.1, 0.15) is 11.8 Å². The van der Waals surface area contributed by atoms with Crippen LogP contribution >= 0.6 is 0 Å². The number of nitrogens with zero attached hydrogens (tertiary/aromatic N) is 3. The molecule has 38 heavy (non-hydrogen) atoms. The molecule has 11 heteroatoms. The van der Waals surface area contributed by atoms with E-state index < -0.39 is 23.8 Å². The first kappa shape index (κ1) is 27.2. The fourth-order valence-electron chi connectivity index (χ4n) is 4.86. The number of hydrogen-bond donors (Lipinski definition) is 3. The molecule has 1 fully saturated rings. The summed E-state index contributed by atoms with van der Waals surface area (Å²) in [5.41, 5.74) is 2.32. The summed E-state index contributed by atoms with van der Waals surface area (Å²) in [4.78, 5) is 51.7. The van der Waals surface area contributed by atoms with Crippen LogP contribution in [0.4, 0.5) is 0 Å². The van der Waals surface area contributed by atoms with Gasteiger partial charge in [-0.2, -0.15) is 5.10 Å². The predicted octanol–water partition coefficient (Wildman–Crippen LogP) is 1.94. The molecule has 3 heterocycles. The number of nitrogens with one attached hydrogen (secondary N) is 2. The number of piperidine rings is 1. The smallest absolute Gasteiger partial charge is 0.305 e. The maximum Gasteiger partial charge on any atom is 0.305 e. The first-order valence-corrected chi connectivity index (χ1v) is 13.1. The molecule has 2 aliphatic heterocycles. The summed E-state index contributed by atoms with van der Waals surface area (Å²) in [7, 11) is 0. The molecule has 0 aliphatic carbocycles. The highest BCUT2D eigenvalue weighted by molar-refractivity contribution is 5.90.